The summed E-state index contributed by atoms with van der Waals surface area (Å²) >= 11 is 0. The second-order valence-corrected chi connectivity index (χ2v) is 6.28. The SMILES string of the molecule is O=c1[nH]/c(=C\c2cnccn2)c(=O)[nH]/c1=C\c1cccc(Oc2ccc(F)cc2)c1. The Kier molecular flexibility index (Phi) is 5.29. The Morgan fingerprint density at radius 3 is 2.30 bits per heavy atom. The summed E-state index contributed by atoms with van der Waals surface area (Å²) in [5.41, 5.74) is 0.155. The van der Waals surface area contributed by atoms with Crippen LogP contribution < -0.4 is 26.6 Å². The van der Waals surface area contributed by atoms with Crippen LogP contribution in [-0.4, -0.2) is 19.9 Å². The van der Waals surface area contributed by atoms with E-state index >= 15 is 0 Å². The molecule has 0 saturated carbocycles. The maximum atomic E-state index is 13.0. The summed E-state index contributed by atoms with van der Waals surface area (Å²) in [6.45, 7) is 0. The Hall–Kier alpha value is -4.33. The first kappa shape index (κ1) is 19.0. The quantitative estimate of drug-likeness (QED) is 0.538. The number of aromatic amines is 2. The topological polar surface area (TPSA) is 101 Å². The maximum absolute atomic E-state index is 13.0. The molecular formula is C22H15FN4O3. The fourth-order valence-corrected chi connectivity index (χ4v) is 2.70. The van der Waals surface area contributed by atoms with Crippen molar-refractivity contribution in [1.82, 2.24) is 19.9 Å². The van der Waals surface area contributed by atoms with Gasteiger partial charge in [0.1, 0.15) is 28.0 Å². The molecule has 2 N–H and O–H groups in total. The van der Waals surface area contributed by atoms with E-state index in [1.165, 1.54) is 55.0 Å². The van der Waals surface area contributed by atoms with Crippen LogP contribution in [0.1, 0.15) is 11.3 Å². The molecule has 0 unspecified atom stereocenters. The molecule has 4 aromatic rings. The minimum absolute atomic E-state index is 0.0750. The fraction of sp³-hybridized carbons (Fsp3) is 0. The molecule has 148 valence electrons. The number of hydrogen-bond acceptors (Lipinski definition) is 5. The summed E-state index contributed by atoms with van der Waals surface area (Å²) in [6, 6.07) is 12.6. The van der Waals surface area contributed by atoms with Crippen molar-refractivity contribution in [2.24, 2.45) is 0 Å². The van der Waals surface area contributed by atoms with E-state index in [1.807, 2.05) is 0 Å². The number of benzene rings is 2. The van der Waals surface area contributed by atoms with Gasteiger partial charge in [-0.25, -0.2) is 4.39 Å². The molecule has 30 heavy (non-hydrogen) atoms. The first-order valence-corrected chi connectivity index (χ1v) is 8.92. The normalized spacial score (nSPS) is 12.2. The van der Waals surface area contributed by atoms with Crippen molar-refractivity contribution in [3.63, 3.8) is 0 Å². The molecule has 0 aliphatic rings. The molecule has 0 spiro atoms. The van der Waals surface area contributed by atoms with Crippen LogP contribution >= 0.6 is 0 Å². The molecule has 0 atom stereocenters. The summed E-state index contributed by atoms with van der Waals surface area (Å²) in [7, 11) is 0. The van der Waals surface area contributed by atoms with Crippen LogP contribution in [-0.2, 0) is 0 Å². The van der Waals surface area contributed by atoms with Gasteiger partial charge in [-0.2, -0.15) is 0 Å². The number of hydrogen-bond donors (Lipinski definition) is 2. The van der Waals surface area contributed by atoms with Gasteiger partial charge in [0.2, 0.25) is 0 Å². The van der Waals surface area contributed by atoms with Gasteiger partial charge in [-0.05, 0) is 54.1 Å². The number of halogens is 1. The lowest BCUT2D eigenvalue weighted by Crippen LogP contribution is -2.46. The molecule has 8 heteroatoms. The standard InChI is InChI=1S/C22H15FN4O3/c23-15-4-6-17(7-5-15)30-18-3-1-2-14(10-18)11-19-21(28)27-20(22(29)26-19)12-16-13-24-8-9-25-16/h1-13H,(H,26,29)(H,27,28)/b19-11-,20-12-. The minimum Gasteiger partial charge on any atom is -0.457 e. The molecule has 0 bridgehead atoms. The molecule has 2 aromatic heterocycles. The van der Waals surface area contributed by atoms with Crippen LogP contribution in [0.25, 0.3) is 12.2 Å². The van der Waals surface area contributed by atoms with Gasteiger partial charge in [0.25, 0.3) is 11.1 Å². The number of rotatable bonds is 4. The van der Waals surface area contributed by atoms with Gasteiger partial charge < -0.3 is 14.7 Å². The smallest absolute Gasteiger partial charge is 0.272 e. The minimum atomic E-state index is -0.467. The number of H-pyrrole nitrogens is 2. The average Bonchev–Trinajstić information content (AvgIpc) is 2.74. The molecule has 0 aliphatic carbocycles. The van der Waals surface area contributed by atoms with Crippen molar-refractivity contribution in [3.8, 4) is 11.5 Å². The third-order valence-corrected chi connectivity index (χ3v) is 4.08. The summed E-state index contributed by atoms with van der Waals surface area (Å²) in [6.07, 6.45) is 7.44. The lowest BCUT2D eigenvalue weighted by atomic mass is 10.2. The van der Waals surface area contributed by atoms with Crippen LogP contribution in [0.3, 0.4) is 0 Å². The summed E-state index contributed by atoms with van der Waals surface area (Å²) in [5, 5.41) is 0.168. The zero-order valence-corrected chi connectivity index (χ0v) is 15.5. The van der Waals surface area contributed by atoms with Crippen LogP contribution in [0.2, 0.25) is 0 Å². The highest BCUT2D eigenvalue weighted by atomic mass is 19.1. The van der Waals surface area contributed by atoms with Crippen LogP contribution in [0.15, 0.2) is 76.7 Å². The van der Waals surface area contributed by atoms with Gasteiger partial charge in [0.15, 0.2) is 0 Å². The lowest BCUT2D eigenvalue weighted by molar-refractivity contribution is 0.480. The largest absolute Gasteiger partial charge is 0.457 e. The predicted molar refractivity (Wildman–Crippen MR) is 109 cm³/mol. The summed E-state index contributed by atoms with van der Waals surface area (Å²) < 4.78 is 18.7. The number of nitrogens with zero attached hydrogens (tertiary/aromatic N) is 2. The van der Waals surface area contributed by atoms with Gasteiger partial charge >= 0.3 is 0 Å². The number of ether oxygens (including phenoxy) is 1. The Morgan fingerprint density at radius 2 is 1.60 bits per heavy atom. The molecule has 0 saturated heterocycles. The molecule has 2 aromatic carbocycles. The summed E-state index contributed by atoms with van der Waals surface area (Å²) in [4.78, 5) is 37.8. The average molecular weight is 402 g/mol. The third kappa shape index (κ3) is 4.56. The molecule has 0 amide bonds. The second kappa shape index (κ2) is 8.36. The first-order chi connectivity index (χ1) is 14.6. The lowest BCUT2D eigenvalue weighted by Gasteiger charge is -2.06. The number of nitrogens with one attached hydrogen (secondary N) is 2. The number of aromatic nitrogens is 4. The second-order valence-electron chi connectivity index (χ2n) is 6.28. The van der Waals surface area contributed by atoms with E-state index in [9.17, 15) is 14.0 Å². The zero-order chi connectivity index (χ0) is 20.9. The molecule has 0 aliphatic heterocycles. The van der Waals surface area contributed by atoms with Crippen LogP contribution in [0.4, 0.5) is 4.39 Å². The molecule has 0 radical (unpaired) electrons. The molecule has 4 rings (SSSR count). The van der Waals surface area contributed by atoms with Crippen LogP contribution in [0.5, 0.6) is 11.5 Å². The molecule has 7 nitrogen and oxygen atoms in total. The zero-order valence-electron chi connectivity index (χ0n) is 15.5. The van der Waals surface area contributed by atoms with E-state index in [1.54, 1.807) is 24.3 Å². The Labute approximate surface area is 168 Å². The monoisotopic (exact) mass is 402 g/mol. The summed E-state index contributed by atoms with van der Waals surface area (Å²) in [5.74, 6) is 0.623. The molecule has 2 heterocycles. The fourth-order valence-electron chi connectivity index (χ4n) is 2.70. The van der Waals surface area contributed by atoms with Gasteiger partial charge in [-0.1, -0.05) is 12.1 Å². The molecular weight excluding hydrogens is 387 g/mol. The van der Waals surface area contributed by atoms with E-state index < -0.39 is 11.1 Å². The van der Waals surface area contributed by atoms with Gasteiger partial charge in [0, 0.05) is 12.4 Å². The Morgan fingerprint density at radius 1 is 0.867 bits per heavy atom. The third-order valence-electron chi connectivity index (χ3n) is 4.08. The van der Waals surface area contributed by atoms with Gasteiger partial charge in [-0.3, -0.25) is 19.6 Å². The van der Waals surface area contributed by atoms with Crippen LogP contribution in [0, 0.1) is 5.82 Å². The van der Waals surface area contributed by atoms with Crippen molar-refractivity contribution < 1.29 is 9.13 Å². The Balaban J connectivity index is 1.67. The highest BCUT2D eigenvalue weighted by Crippen LogP contribution is 2.22. The van der Waals surface area contributed by atoms with Crippen molar-refractivity contribution in [1.29, 1.82) is 0 Å². The maximum Gasteiger partial charge on any atom is 0.272 e. The highest BCUT2D eigenvalue weighted by molar-refractivity contribution is 5.51. The molecule has 0 fully saturated rings. The first-order valence-electron chi connectivity index (χ1n) is 8.92. The van der Waals surface area contributed by atoms with E-state index in [4.69, 9.17) is 4.74 Å². The van der Waals surface area contributed by atoms with E-state index in [2.05, 4.69) is 19.9 Å². The van der Waals surface area contributed by atoms with E-state index in [0.717, 1.165) is 0 Å². The van der Waals surface area contributed by atoms with Crippen molar-refractivity contribution in [3.05, 3.63) is 116 Å². The predicted octanol–water partition coefficient (Wildman–Crippen LogP) is 1.44. The van der Waals surface area contributed by atoms with Crippen molar-refractivity contribution in [2.75, 3.05) is 0 Å². The Bertz CT molecular complexity index is 1410. The van der Waals surface area contributed by atoms with Gasteiger partial charge in [-0.15, -0.1) is 0 Å². The van der Waals surface area contributed by atoms with Crippen molar-refractivity contribution >= 4 is 12.2 Å². The van der Waals surface area contributed by atoms with Crippen molar-refractivity contribution in [2.45, 2.75) is 0 Å². The highest BCUT2D eigenvalue weighted by Gasteiger charge is 2.01. The van der Waals surface area contributed by atoms with Gasteiger partial charge in [0.05, 0.1) is 11.9 Å². The van der Waals surface area contributed by atoms with E-state index in [0.29, 0.717) is 22.8 Å². The van der Waals surface area contributed by atoms with E-state index in [-0.39, 0.29) is 16.5 Å².